The highest BCUT2D eigenvalue weighted by molar-refractivity contribution is 5.05. The molecule has 0 saturated carbocycles. The average molecular weight is 225 g/mol. The second-order valence-electron chi connectivity index (χ2n) is 5.23. The first-order valence-corrected chi connectivity index (χ1v) is 5.72. The van der Waals surface area contributed by atoms with Gasteiger partial charge in [-0.3, -0.25) is 0 Å². The number of furan rings is 1. The minimum atomic E-state index is 0.154. The van der Waals surface area contributed by atoms with Gasteiger partial charge in [-0.25, -0.2) is 0 Å². The summed E-state index contributed by atoms with van der Waals surface area (Å²) in [5, 5.41) is 3.35. The fraction of sp³-hybridized carbons (Fsp3) is 0.692. The van der Waals surface area contributed by atoms with E-state index >= 15 is 0 Å². The van der Waals surface area contributed by atoms with Gasteiger partial charge in [0.25, 0.3) is 0 Å². The molecule has 0 aliphatic carbocycles. The molecule has 0 radical (unpaired) electrons. The van der Waals surface area contributed by atoms with E-state index in [1.54, 1.807) is 7.11 Å². The van der Waals surface area contributed by atoms with E-state index in [4.69, 9.17) is 9.15 Å². The minimum absolute atomic E-state index is 0.154. The lowest BCUT2D eigenvalue weighted by molar-refractivity contribution is 0.0170. The summed E-state index contributed by atoms with van der Waals surface area (Å²) in [5.74, 6) is 1.93. The molecule has 3 heteroatoms. The van der Waals surface area contributed by atoms with Crippen LogP contribution in [0.2, 0.25) is 0 Å². The Morgan fingerprint density at radius 1 is 1.38 bits per heavy atom. The number of nitrogens with one attached hydrogen (secondary N) is 1. The number of methoxy groups -OCH3 is 1. The van der Waals surface area contributed by atoms with Crippen molar-refractivity contribution in [2.24, 2.45) is 5.41 Å². The average Bonchev–Trinajstić information content (AvgIpc) is 2.57. The standard InChI is InChI=1S/C13H23NO2/c1-10-6-7-11(16-10)8-14-9-12(15-5)13(2,3)4/h6-7,12,14H,8-9H2,1-5H3. The first-order valence-electron chi connectivity index (χ1n) is 5.72. The van der Waals surface area contributed by atoms with Crippen LogP contribution >= 0.6 is 0 Å². The first kappa shape index (κ1) is 13.3. The van der Waals surface area contributed by atoms with Gasteiger partial charge < -0.3 is 14.5 Å². The number of hydrogen-bond acceptors (Lipinski definition) is 3. The molecular formula is C13H23NO2. The van der Waals surface area contributed by atoms with Crippen LogP contribution in [0.5, 0.6) is 0 Å². The summed E-state index contributed by atoms with van der Waals surface area (Å²) < 4.78 is 10.9. The number of ether oxygens (including phenoxy) is 1. The molecule has 0 bridgehead atoms. The van der Waals surface area contributed by atoms with E-state index in [1.165, 1.54) is 0 Å². The molecule has 1 heterocycles. The van der Waals surface area contributed by atoms with E-state index in [0.717, 1.165) is 24.6 Å². The zero-order chi connectivity index (χ0) is 12.2. The minimum Gasteiger partial charge on any atom is -0.465 e. The Bertz CT molecular complexity index is 312. The zero-order valence-electron chi connectivity index (χ0n) is 11.0. The van der Waals surface area contributed by atoms with Crippen molar-refractivity contribution in [3.05, 3.63) is 23.7 Å². The molecule has 1 rings (SSSR count). The van der Waals surface area contributed by atoms with E-state index in [0.29, 0.717) is 0 Å². The maximum Gasteiger partial charge on any atom is 0.117 e. The molecule has 0 spiro atoms. The Kier molecular flexibility index (Phi) is 4.56. The van der Waals surface area contributed by atoms with E-state index in [1.807, 2.05) is 19.1 Å². The van der Waals surface area contributed by atoms with Gasteiger partial charge in [0, 0.05) is 13.7 Å². The van der Waals surface area contributed by atoms with E-state index < -0.39 is 0 Å². The van der Waals surface area contributed by atoms with E-state index in [-0.39, 0.29) is 11.5 Å². The maximum atomic E-state index is 5.48. The van der Waals surface area contributed by atoms with Crippen molar-refractivity contribution >= 4 is 0 Å². The Morgan fingerprint density at radius 2 is 2.06 bits per heavy atom. The van der Waals surface area contributed by atoms with Crippen LogP contribution in [-0.4, -0.2) is 19.8 Å². The van der Waals surface area contributed by atoms with Crippen LogP contribution in [-0.2, 0) is 11.3 Å². The molecule has 0 aliphatic rings. The first-order chi connectivity index (χ1) is 7.43. The second kappa shape index (κ2) is 5.51. The molecule has 16 heavy (non-hydrogen) atoms. The third-order valence-electron chi connectivity index (χ3n) is 2.68. The highest BCUT2D eigenvalue weighted by Crippen LogP contribution is 2.21. The van der Waals surface area contributed by atoms with Crippen LogP contribution in [0.4, 0.5) is 0 Å². The fourth-order valence-corrected chi connectivity index (χ4v) is 1.65. The lowest BCUT2D eigenvalue weighted by Gasteiger charge is -2.29. The molecule has 92 valence electrons. The van der Waals surface area contributed by atoms with Crippen molar-refractivity contribution in [2.45, 2.75) is 40.3 Å². The van der Waals surface area contributed by atoms with Crippen molar-refractivity contribution < 1.29 is 9.15 Å². The maximum absolute atomic E-state index is 5.48. The molecule has 3 nitrogen and oxygen atoms in total. The molecule has 1 atom stereocenters. The Hall–Kier alpha value is -0.800. The van der Waals surface area contributed by atoms with Crippen LogP contribution in [0, 0.1) is 12.3 Å². The van der Waals surface area contributed by atoms with Crippen molar-refractivity contribution in [1.82, 2.24) is 5.32 Å². The Morgan fingerprint density at radius 3 is 2.50 bits per heavy atom. The predicted octanol–water partition coefficient (Wildman–Crippen LogP) is 2.74. The fourth-order valence-electron chi connectivity index (χ4n) is 1.65. The van der Waals surface area contributed by atoms with E-state index in [2.05, 4.69) is 26.1 Å². The van der Waals surface area contributed by atoms with Crippen LogP contribution in [0.3, 0.4) is 0 Å². The monoisotopic (exact) mass is 225 g/mol. The van der Waals surface area contributed by atoms with Gasteiger partial charge in [0.2, 0.25) is 0 Å². The van der Waals surface area contributed by atoms with Crippen molar-refractivity contribution in [3.8, 4) is 0 Å². The molecule has 1 aromatic rings. The Labute approximate surface area is 98.2 Å². The zero-order valence-corrected chi connectivity index (χ0v) is 11.0. The molecule has 0 saturated heterocycles. The van der Waals surface area contributed by atoms with Gasteiger partial charge in [0.05, 0.1) is 12.6 Å². The van der Waals surface area contributed by atoms with Gasteiger partial charge in [0.15, 0.2) is 0 Å². The summed E-state index contributed by atoms with van der Waals surface area (Å²) >= 11 is 0. The smallest absolute Gasteiger partial charge is 0.117 e. The van der Waals surface area contributed by atoms with Gasteiger partial charge in [-0.2, -0.15) is 0 Å². The number of rotatable bonds is 5. The summed E-state index contributed by atoms with van der Waals surface area (Å²) in [4.78, 5) is 0. The van der Waals surface area contributed by atoms with Crippen molar-refractivity contribution in [2.75, 3.05) is 13.7 Å². The molecule has 0 aromatic carbocycles. The molecule has 1 N–H and O–H groups in total. The summed E-state index contributed by atoms with van der Waals surface area (Å²) in [6, 6.07) is 3.98. The summed E-state index contributed by atoms with van der Waals surface area (Å²) in [6.07, 6.45) is 0.212. The highest BCUT2D eigenvalue weighted by Gasteiger charge is 2.23. The molecular weight excluding hydrogens is 202 g/mol. The lowest BCUT2D eigenvalue weighted by Crippen LogP contribution is -2.37. The van der Waals surface area contributed by atoms with Gasteiger partial charge in [-0.1, -0.05) is 20.8 Å². The van der Waals surface area contributed by atoms with Crippen molar-refractivity contribution in [3.63, 3.8) is 0 Å². The third kappa shape index (κ3) is 3.99. The molecule has 0 amide bonds. The van der Waals surface area contributed by atoms with Crippen LogP contribution in [0.15, 0.2) is 16.5 Å². The molecule has 1 unspecified atom stereocenters. The lowest BCUT2D eigenvalue weighted by atomic mass is 9.89. The third-order valence-corrected chi connectivity index (χ3v) is 2.68. The predicted molar refractivity (Wildman–Crippen MR) is 65.4 cm³/mol. The number of hydrogen-bond donors (Lipinski definition) is 1. The van der Waals surface area contributed by atoms with Gasteiger partial charge in [0.1, 0.15) is 11.5 Å². The Balaban J connectivity index is 2.34. The van der Waals surface area contributed by atoms with Crippen LogP contribution < -0.4 is 5.32 Å². The summed E-state index contributed by atoms with van der Waals surface area (Å²) in [5.41, 5.74) is 0.154. The topological polar surface area (TPSA) is 34.4 Å². The summed E-state index contributed by atoms with van der Waals surface area (Å²) in [6.45, 7) is 10.1. The molecule has 1 aromatic heterocycles. The van der Waals surface area contributed by atoms with Crippen LogP contribution in [0.1, 0.15) is 32.3 Å². The number of aryl methyl sites for hydroxylation is 1. The second-order valence-corrected chi connectivity index (χ2v) is 5.23. The molecule has 0 fully saturated rings. The van der Waals surface area contributed by atoms with Crippen molar-refractivity contribution in [1.29, 1.82) is 0 Å². The van der Waals surface area contributed by atoms with Crippen LogP contribution in [0.25, 0.3) is 0 Å². The largest absolute Gasteiger partial charge is 0.465 e. The van der Waals surface area contributed by atoms with Gasteiger partial charge in [-0.15, -0.1) is 0 Å². The van der Waals surface area contributed by atoms with Gasteiger partial charge >= 0.3 is 0 Å². The normalized spacial score (nSPS) is 14.1. The highest BCUT2D eigenvalue weighted by atomic mass is 16.5. The van der Waals surface area contributed by atoms with E-state index in [9.17, 15) is 0 Å². The SMILES string of the molecule is COC(CNCc1ccc(C)o1)C(C)(C)C. The quantitative estimate of drug-likeness (QED) is 0.836. The summed E-state index contributed by atoms with van der Waals surface area (Å²) in [7, 11) is 1.76. The van der Waals surface area contributed by atoms with Gasteiger partial charge in [-0.05, 0) is 24.5 Å². The molecule has 0 aliphatic heterocycles.